The van der Waals surface area contributed by atoms with Gasteiger partial charge in [-0.3, -0.25) is 4.79 Å². The van der Waals surface area contributed by atoms with Crippen LogP contribution in [0.5, 0.6) is 0 Å². The predicted octanol–water partition coefficient (Wildman–Crippen LogP) is 5.32. The lowest BCUT2D eigenvalue weighted by molar-refractivity contribution is -0.115. The highest BCUT2D eigenvalue weighted by Crippen LogP contribution is 2.30. The summed E-state index contributed by atoms with van der Waals surface area (Å²) in [5, 5.41) is 12.7. The fourth-order valence-electron chi connectivity index (χ4n) is 2.02. The first-order valence-electron chi connectivity index (χ1n) is 7.34. The molecule has 1 amide bonds. The highest BCUT2D eigenvalue weighted by atomic mass is 35.5. The standard InChI is InChI=1S/C17H13Cl2N3OS2/c18-13-7-5-11(6-8-13)9-15(23)20-16-21-22-17(25-16)24-10-12-3-1-2-4-14(12)19/h1-8H,9-10H2,(H,20,21,23). The maximum atomic E-state index is 12.1. The molecular formula is C17H13Cl2N3OS2. The molecule has 0 aliphatic heterocycles. The number of anilines is 1. The van der Waals surface area contributed by atoms with Crippen LogP contribution in [0.2, 0.25) is 10.0 Å². The molecule has 0 saturated heterocycles. The van der Waals surface area contributed by atoms with E-state index in [1.165, 1.54) is 23.1 Å². The van der Waals surface area contributed by atoms with Crippen molar-refractivity contribution < 1.29 is 4.79 Å². The quantitative estimate of drug-likeness (QED) is 0.442. The van der Waals surface area contributed by atoms with Gasteiger partial charge in [0.05, 0.1) is 6.42 Å². The van der Waals surface area contributed by atoms with E-state index in [4.69, 9.17) is 23.2 Å². The second-order valence-electron chi connectivity index (χ2n) is 5.10. The first-order valence-corrected chi connectivity index (χ1v) is 9.90. The minimum atomic E-state index is -0.138. The number of aromatic nitrogens is 2. The maximum absolute atomic E-state index is 12.1. The van der Waals surface area contributed by atoms with E-state index < -0.39 is 0 Å². The average molecular weight is 410 g/mol. The van der Waals surface area contributed by atoms with E-state index in [2.05, 4.69) is 15.5 Å². The second kappa shape index (κ2) is 8.67. The van der Waals surface area contributed by atoms with E-state index in [-0.39, 0.29) is 12.3 Å². The van der Waals surface area contributed by atoms with Crippen LogP contribution in [-0.2, 0) is 17.0 Å². The van der Waals surface area contributed by atoms with Gasteiger partial charge in [0, 0.05) is 15.8 Å². The minimum absolute atomic E-state index is 0.138. The average Bonchev–Trinajstić information content (AvgIpc) is 3.03. The lowest BCUT2D eigenvalue weighted by Gasteiger charge is -2.02. The SMILES string of the molecule is O=C(Cc1ccc(Cl)cc1)Nc1nnc(SCc2ccccc2Cl)s1. The molecule has 0 spiro atoms. The van der Waals surface area contributed by atoms with Crippen molar-refractivity contribution >= 4 is 57.3 Å². The highest BCUT2D eigenvalue weighted by molar-refractivity contribution is 8.00. The van der Waals surface area contributed by atoms with Crippen molar-refractivity contribution in [3.8, 4) is 0 Å². The van der Waals surface area contributed by atoms with E-state index >= 15 is 0 Å². The molecule has 25 heavy (non-hydrogen) atoms. The third kappa shape index (κ3) is 5.44. The summed E-state index contributed by atoms with van der Waals surface area (Å²) in [4.78, 5) is 12.1. The molecule has 1 aromatic heterocycles. The van der Waals surface area contributed by atoms with Crippen molar-refractivity contribution in [1.29, 1.82) is 0 Å². The van der Waals surface area contributed by atoms with Crippen LogP contribution in [0.15, 0.2) is 52.9 Å². The Morgan fingerprint density at radius 1 is 1.08 bits per heavy atom. The molecule has 0 radical (unpaired) electrons. The van der Waals surface area contributed by atoms with Crippen molar-refractivity contribution in [2.45, 2.75) is 16.5 Å². The number of nitrogens with zero attached hydrogens (tertiary/aromatic N) is 2. The van der Waals surface area contributed by atoms with Crippen LogP contribution in [0, 0.1) is 0 Å². The van der Waals surface area contributed by atoms with Gasteiger partial charge in [-0.2, -0.15) is 0 Å². The molecular weight excluding hydrogens is 397 g/mol. The van der Waals surface area contributed by atoms with Gasteiger partial charge in [-0.05, 0) is 29.3 Å². The van der Waals surface area contributed by atoms with Crippen molar-refractivity contribution in [3.63, 3.8) is 0 Å². The molecule has 8 heteroatoms. The summed E-state index contributed by atoms with van der Waals surface area (Å²) in [5.41, 5.74) is 1.93. The van der Waals surface area contributed by atoms with Crippen molar-refractivity contribution in [3.05, 3.63) is 69.7 Å². The van der Waals surface area contributed by atoms with Crippen molar-refractivity contribution in [2.75, 3.05) is 5.32 Å². The Kier molecular flexibility index (Phi) is 6.31. The Morgan fingerprint density at radius 3 is 2.60 bits per heavy atom. The Bertz CT molecular complexity index is 868. The van der Waals surface area contributed by atoms with Gasteiger partial charge in [0.2, 0.25) is 11.0 Å². The monoisotopic (exact) mass is 409 g/mol. The zero-order chi connectivity index (χ0) is 17.6. The van der Waals surface area contributed by atoms with Gasteiger partial charge in [0.1, 0.15) is 0 Å². The van der Waals surface area contributed by atoms with Crippen LogP contribution in [0.1, 0.15) is 11.1 Å². The molecule has 0 aliphatic carbocycles. The summed E-state index contributed by atoms with van der Waals surface area (Å²) in [6.45, 7) is 0. The summed E-state index contributed by atoms with van der Waals surface area (Å²) in [6.07, 6.45) is 0.263. The van der Waals surface area contributed by atoms with E-state index in [0.29, 0.717) is 15.9 Å². The van der Waals surface area contributed by atoms with Gasteiger partial charge in [-0.25, -0.2) is 0 Å². The number of amides is 1. The normalized spacial score (nSPS) is 10.6. The van der Waals surface area contributed by atoms with Gasteiger partial charge in [-0.1, -0.05) is 76.6 Å². The lowest BCUT2D eigenvalue weighted by Crippen LogP contribution is -2.14. The summed E-state index contributed by atoms with van der Waals surface area (Å²) in [5.74, 6) is 0.564. The van der Waals surface area contributed by atoms with E-state index in [0.717, 1.165) is 20.5 Å². The van der Waals surface area contributed by atoms with Gasteiger partial charge < -0.3 is 5.32 Å². The van der Waals surface area contributed by atoms with Gasteiger partial charge in [0.25, 0.3) is 0 Å². The first kappa shape index (κ1) is 18.2. The number of carbonyl (C=O) groups excluding carboxylic acids is 1. The molecule has 0 saturated carbocycles. The molecule has 4 nitrogen and oxygen atoms in total. The molecule has 3 aromatic rings. The largest absolute Gasteiger partial charge is 0.300 e. The van der Waals surface area contributed by atoms with E-state index in [1.807, 2.05) is 36.4 Å². The molecule has 1 heterocycles. The Labute approximate surface area is 163 Å². The number of hydrogen-bond acceptors (Lipinski definition) is 5. The second-order valence-corrected chi connectivity index (χ2v) is 8.15. The molecule has 0 unspecified atom stereocenters. The zero-order valence-electron chi connectivity index (χ0n) is 12.9. The summed E-state index contributed by atoms with van der Waals surface area (Å²) >= 11 is 14.9. The molecule has 0 aliphatic rings. The topological polar surface area (TPSA) is 54.9 Å². The molecule has 128 valence electrons. The number of nitrogens with one attached hydrogen (secondary N) is 1. The van der Waals surface area contributed by atoms with Crippen LogP contribution >= 0.6 is 46.3 Å². The Morgan fingerprint density at radius 2 is 1.84 bits per heavy atom. The van der Waals surface area contributed by atoms with Crippen LogP contribution in [0.3, 0.4) is 0 Å². The lowest BCUT2D eigenvalue weighted by atomic mass is 10.1. The zero-order valence-corrected chi connectivity index (χ0v) is 16.1. The number of rotatable bonds is 6. The van der Waals surface area contributed by atoms with E-state index in [9.17, 15) is 4.79 Å². The number of thioether (sulfide) groups is 1. The van der Waals surface area contributed by atoms with Crippen LogP contribution in [0.25, 0.3) is 0 Å². The number of carbonyl (C=O) groups is 1. The maximum Gasteiger partial charge on any atom is 0.230 e. The highest BCUT2D eigenvalue weighted by Gasteiger charge is 2.10. The Balaban J connectivity index is 1.53. The third-order valence-electron chi connectivity index (χ3n) is 3.24. The van der Waals surface area contributed by atoms with Crippen LogP contribution in [-0.4, -0.2) is 16.1 Å². The van der Waals surface area contributed by atoms with Crippen LogP contribution < -0.4 is 5.32 Å². The molecule has 3 rings (SSSR count). The van der Waals surface area contributed by atoms with Crippen molar-refractivity contribution in [1.82, 2.24) is 10.2 Å². The predicted molar refractivity (Wildman–Crippen MR) is 105 cm³/mol. The first-order chi connectivity index (χ1) is 12.1. The summed E-state index contributed by atoms with van der Waals surface area (Å²) in [6, 6.07) is 14.9. The molecule has 0 bridgehead atoms. The molecule has 1 N–H and O–H groups in total. The smallest absolute Gasteiger partial charge is 0.230 e. The van der Waals surface area contributed by atoms with E-state index in [1.54, 1.807) is 12.1 Å². The minimum Gasteiger partial charge on any atom is -0.300 e. The molecule has 0 atom stereocenters. The summed E-state index contributed by atoms with van der Waals surface area (Å²) < 4.78 is 0.779. The summed E-state index contributed by atoms with van der Waals surface area (Å²) in [7, 11) is 0. The fourth-order valence-corrected chi connectivity index (χ4v) is 4.20. The number of halogens is 2. The van der Waals surface area contributed by atoms with Crippen LogP contribution in [0.4, 0.5) is 5.13 Å². The number of benzene rings is 2. The third-order valence-corrected chi connectivity index (χ3v) is 5.88. The number of hydrogen-bond donors (Lipinski definition) is 1. The van der Waals surface area contributed by atoms with Gasteiger partial charge >= 0.3 is 0 Å². The van der Waals surface area contributed by atoms with Crippen molar-refractivity contribution in [2.24, 2.45) is 0 Å². The fraction of sp³-hybridized carbons (Fsp3) is 0.118. The molecule has 0 fully saturated rings. The Hall–Kier alpha value is -1.60. The van der Waals surface area contributed by atoms with Gasteiger partial charge in [0.15, 0.2) is 4.34 Å². The molecule has 2 aromatic carbocycles. The van der Waals surface area contributed by atoms with Gasteiger partial charge in [-0.15, -0.1) is 10.2 Å².